The molecule has 3 atom stereocenters. The van der Waals surface area contributed by atoms with Crippen molar-refractivity contribution >= 4 is 57.2 Å². The minimum atomic E-state index is -0.405. The largest absolute Gasteiger partial charge is 0.508 e. The fraction of sp³-hybridized carbons (Fsp3) is 0.292. The summed E-state index contributed by atoms with van der Waals surface area (Å²) in [6.07, 6.45) is 19.3. The highest BCUT2D eigenvalue weighted by Gasteiger charge is 2.27. The number of fused-ring (bicyclic) bond motifs is 6. The molecule has 9 aromatic heterocycles. The predicted octanol–water partition coefficient (Wildman–Crippen LogP) is 15.0. The summed E-state index contributed by atoms with van der Waals surface area (Å²) in [5, 5.41) is 30.8. The van der Waals surface area contributed by atoms with Gasteiger partial charge in [0.2, 0.25) is 0 Å². The summed E-state index contributed by atoms with van der Waals surface area (Å²) in [4.78, 5) is 25.9. The third kappa shape index (κ3) is 15.2. The second-order valence-electron chi connectivity index (χ2n) is 24.6. The molecule has 0 amide bonds. The van der Waals surface area contributed by atoms with Crippen molar-refractivity contribution in [3.63, 3.8) is 0 Å². The van der Waals surface area contributed by atoms with E-state index in [0.29, 0.717) is 50.6 Å². The Labute approximate surface area is 565 Å². The first-order valence-corrected chi connectivity index (χ1v) is 31.3. The summed E-state index contributed by atoms with van der Waals surface area (Å²) in [6, 6.07) is 28.4. The number of nitrogens with zero attached hydrogens (tertiary/aromatic N) is 12. The molecule has 18 nitrogen and oxygen atoms in total. The van der Waals surface area contributed by atoms with Gasteiger partial charge in [0, 0.05) is 88.3 Å². The molecule has 0 saturated heterocycles. The highest BCUT2D eigenvalue weighted by Crippen LogP contribution is 2.35. The predicted molar refractivity (Wildman–Crippen MR) is 372 cm³/mol. The number of rotatable bonds is 12. The zero-order valence-corrected chi connectivity index (χ0v) is 55.7. The maximum atomic E-state index is 13.8. The van der Waals surface area contributed by atoms with Crippen LogP contribution >= 0.6 is 28.6 Å². The molecule has 0 unspecified atom stereocenters. The van der Waals surface area contributed by atoms with Crippen molar-refractivity contribution in [1.82, 2.24) is 58.7 Å². The molecule has 492 valence electrons. The number of methoxy groups -OCH3 is 2. The van der Waals surface area contributed by atoms with Crippen LogP contribution in [0.5, 0.6) is 17.2 Å². The van der Waals surface area contributed by atoms with Crippen molar-refractivity contribution in [1.29, 1.82) is 0 Å². The highest BCUT2D eigenvalue weighted by atomic mass is 79.9. The van der Waals surface area contributed by atoms with Crippen LogP contribution < -0.4 is 25.8 Å². The van der Waals surface area contributed by atoms with Crippen LogP contribution in [0.15, 0.2) is 147 Å². The van der Waals surface area contributed by atoms with Crippen molar-refractivity contribution < 1.29 is 27.8 Å². The van der Waals surface area contributed by atoms with Crippen molar-refractivity contribution in [3.8, 4) is 51.0 Å². The Kier molecular flexibility index (Phi) is 21.2. The van der Waals surface area contributed by atoms with Gasteiger partial charge in [-0.3, -0.25) is 15.0 Å². The van der Waals surface area contributed by atoms with Gasteiger partial charge in [-0.05, 0) is 144 Å². The van der Waals surface area contributed by atoms with Gasteiger partial charge in [-0.1, -0.05) is 78.8 Å². The van der Waals surface area contributed by atoms with E-state index in [1.165, 1.54) is 58.4 Å². The Morgan fingerprint density at radius 2 is 0.832 bits per heavy atom. The lowest BCUT2D eigenvalue weighted by molar-refractivity contribution is 0.414. The molecule has 5 N–H and O–H groups in total. The number of halogens is 5. The summed E-state index contributed by atoms with van der Waals surface area (Å²) in [5.41, 5.74) is 22.6. The van der Waals surface area contributed by atoms with Gasteiger partial charge < -0.3 is 30.9 Å². The van der Waals surface area contributed by atoms with Gasteiger partial charge in [-0.15, -0.1) is 17.0 Å². The Morgan fingerprint density at radius 1 is 0.474 bits per heavy atom. The van der Waals surface area contributed by atoms with E-state index in [4.69, 9.17) is 36.8 Å². The number of hydrogen-bond donors (Lipinski definition) is 4. The van der Waals surface area contributed by atoms with Crippen LogP contribution in [0.4, 0.5) is 24.8 Å². The van der Waals surface area contributed by atoms with Crippen LogP contribution in [0.2, 0.25) is 5.15 Å². The van der Waals surface area contributed by atoms with E-state index >= 15 is 0 Å². The second kappa shape index (κ2) is 29.4. The summed E-state index contributed by atoms with van der Waals surface area (Å²) in [7, 11) is 3.38. The van der Waals surface area contributed by atoms with Gasteiger partial charge in [0.25, 0.3) is 0 Å². The van der Waals surface area contributed by atoms with E-state index in [9.17, 15) is 18.3 Å². The summed E-state index contributed by atoms with van der Waals surface area (Å²) < 4.78 is 56.6. The van der Waals surface area contributed by atoms with Crippen LogP contribution in [0, 0.1) is 17.5 Å². The summed E-state index contributed by atoms with van der Waals surface area (Å²) in [6.45, 7) is 12.5. The average Bonchev–Trinajstić information content (AvgIpc) is 1.54. The molecule has 0 saturated carbocycles. The molecule has 3 aliphatic carbocycles. The first-order chi connectivity index (χ1) is 44.8. The summed E-state index contributed by atoms with van der Waals surface area (Å²) >= 11 is 6.22. The SMILES string of the molecule is Br.C.CC(C)c1cnn2c(Cl)cc(-c3cncc(F)c3)nc12.CC(C)c1cnn2c(N[C@@H]3Cc4ccc(O)cc4C3)cc(-c3cncc(F)c3)nc12.COc1ccc2c(c1)C[C@H](N)C2.COc1ccc2c(c1)C[C@H](Nc1cc(-c3cncc(F)c3)nc3c(C(C)C)cnn13)C2. The number of aromatic nitrogens is 12. The Hall–Kier alpha value is -9.51. The average molecular weight is 1370 g/mol. The number of phenols is 1. The quantitative estimate of drug-likeness (QED) is 0.0836. The van der Waals surface area contributed by atoms with Gasteiger partial charge in [0.1, 0.15) is 51.5 Å². The van der Waals surface area contributed by atoms with Gasteiger partial charge in [-0.2, -0.15) is 24.3 Å². The third-order valence-electron chi connectivity index (χ3n) is 16.9. The summed E-state index contributed by atoms with van der Waals surface area (Å²) in [5.74, 6) is 3.34. The zero-order valence-electron chi connectivity index (χ0n) is 53.2. The van der Waals surface area contributed by atoms with E-state index in [1.54, 1.807) is 55.7 Å². The number of nitrogens with one attached hydrogen (secondary N) is 2. The topological polar surface area (TPSA) is 218 Å². The molecule has 9 heterocycles. The van der Waals surface area contributed by atoms with Crippen LogP contribution in [-0.4, -0.2) is 96.2 Å². The van der Waals surface area contributed by atoms with Crippen molar-refractivity contribution in [2.45, 2.75) is 123 Å². The minimum Gasteiger partial charge on any atom is -0.508 e. The lowest BCUT2D eigenvalue weighted by atomic mass is 10.1. The molecule has 0 radical (unpaired) electrons. The Bertz CT molecular complexity index is 4710. The molecule has 12 aromatic rings. The Morgan fingerprint density at radius 3 is 1.25 bits per heavy atom. The molecule has 0 bridgehead atoms. The lowest BCUT2D eigenvalue weighted by Gasteiger charge is -2.16. The molecule has 0 aliphatic heterocycles. The van der Waals surface area contributed by atoms with Gasteiger partial charge in [-0.25, -0.2) is 32.6 Å². The van der Waals surface area contributed by atoms with Crippen LogP contribution in [0.25, 0.3) is 50.7 Å². The Balaban J connectivity index is 0.000000144. The van der Waals surface area contributed by atoms with Crippen molar-refractivity contribution in [2.24, 2.45) is 5.73 Å². The number of benzene rings is 3. The molecule has 3 aromatic carbocycles. The smallest absolute Gasteiger partial charge is 0.161 e. The maximum absolute atomic E-state index is 13.8. The highest BCUT2D eigenvalue weighted by molar-refractivity contribution is 8.93. The standard InChI is InChI=1S/C24H24FN5O.C23H22FN5O.C14H12ClFN4.C10H13NO.CH4.BrH/c1-14(2)21-13-27-30-23(10-22(29-24(21)30)17-6-18(25)12-26-11-17)28-19-7-15-4-5-20(31-3)9-16(15)8-19;1-13(2)20-12-26-29-22(27-18-6-14-3-4-19(30)8-15(14)7-18)9-21(28-23(20)29)16-5-17(24)11-25-10-16;1-8(2)11-7-18-20-13(15)4-12(19-14(11)20)9-3-10(16)6-17-5-9;1-12-10-3-2-7-4-9(11)5-8(7)6-10;;/h4-6,9-14,19,28H,7-8H2,1-3H3;3-5,8-13,18,27,30H,6-7H2,1-2H3;3-8H,1-2H3;2-3,6,9H,4-5,11H2,1H3;1H4;1H/t19-;18-;;9-;;/m11.1../s1. The number of hydrogen-bond acceptors (Lipinski definition) is 15. The van der Waals surface area contributed by atoms with Gasteiger partial charge in [0.15, 0.2) is 16.9 Å². The zero-order chi connectivity index (χ0) is 65.2. The number of aromatic hydroxyl groups is 1. The number of anilines is 2. The molecule has 15 rings (SSSR count). The van der Waals surface area contributed by atoms with Crippen LogP contribution in [0.3, 0.4) is 0 Å². The van der Waals surface area contributed by atoms with Gasteiger partial charge >= 0.3 is 0 Å². The first-order valence-electron chi connectivity index (χ1n) is 30.9. The van der Waals surface area contributed by atoms with E-state index in [2.05, 4.69) is 112 Å². The minimum absolute atomic E-state index is 0. The molecular weight excluding hydrogens is 1300 g/mol. The molecule has 3 aliphatic rings. The normalized spacial score (nSPS) is 15.0. The van der Waals surface area contributed by atoms with E-state index in [0.717, 1.165) is 101 Å². The number of pyridine rings is 3. The monoisotopic (exact) mass is 1370 g/mol. The van der Waals surface area contributed by atoms with Crippen LogP contribution in [0.1, 0.15) is 117 Å². The number of phenolic OH excluding ortho intramolecular Hbond substituents is 1. The second-order valence-corrected chi connectivity index (χ2v) is 24.9. The fourth-order valence-electron chi connectivity index (χ4n) is 12.1. The first kappa shape index (κ1) is 68.4. The number of ether oxygens (including phenoxy) is 2. The number of nitrogens with two attached hydrogens (primary N) is 1. The maximum Gasteiger partial charge on any atom is 0.161 e. The molecular formula is C72H76BrClF3N15O3. The van der Waals surface area contributed by atoms with Crippen molar-refractivity contribution in [2.75, 3.05) is 24.9 Å². The third-order valence-corrected chi connectivity index (χ3v) is 17.1. The van der Waals surface area contributed by atoms with E-state index in [-0.39, 0.29) is 65.8 Å². The fourth-order valence-corrected chi connectivity index (χ4v) is 12.4. The van der Waals surface area contributed by atoms with Crippen molar-refractivity contribution in [3.05, 3.63) is 219 Å². The van der Waals surface area contributed by atoms with E-state index in [1.807, 2.05) is 57.8 Å². The van der Waals surface area contributed by atoms with Crippen LogP contribution in [-0.2, 0) is 38.5 Å². The van der Waals surface area contributed by atoms with Gasteiger partial charge in [0.05, 0.1) is 68.5 Å². The molecule has 23 heteroatoms. The lowest BCUT2D eigenvalue weighted by Crippen LogP contribution is -2.21. The molecule has 0 spiro atoms. The van der Waals surface area contributed by atoms with E-state index < -0.39 is 11.6 Å². The molecule has 0 fully saturated rings. The molecule has 95 heavy (non-hydrogen) atoms.